The Hall–Kier alpha value is -5.86. The molecule has 8 aromatic carbocycles. The molecule has 2 aromatic heterocycles. The van der Waals surface area contributed by atoms with Crippen molar-refractivity contribution in [1.82, 2.24) is 4.57 Å². The van der Waals surface area contributed by atoms with E-state index in [0.29, 0.717) is 0 Å². The summed E-state index contributed by atoms with van der Waals surface area (Å²) in [6, 6.07) is 51.3. The maximum absolute atomic E-state index is 6.42. The van der Waals surface area contributed by atoms with E-state index in [0.717, 1.165) is 27.6 Å². The number of benzene rings is 8. The third kappa shape index (κ3) is 3.10. The van der Waals surface area contributed by atoms with Crippen LogP contribution in [0.25, 0.3) is 93.2 Å². The van der Waals surface area contributed by atoms with Gasteiger partial charge >= 0.3 is 0 Å². The zero-order valence-electron chi connectivity index (χ0n) is 26.1. The van der Waals surface area contributed by atoms with Crippen molar-refractivity contribution in [1.29, 1.82) is 0 Å². The van der Waals surface area contributed by atoms with Crippen LogP contribution in [0.1, 0.15) is 25.0 Å². The summed E-state index contributed by atoms with van der Waals surface area (Å²) in [5.74, 6) is 0. The highest BCUT2D eigenvalue weighted by Crippen LogP contribution is 2.56. The second-order valence-electron chi connectivity index (χ2n) is 13.6. The van der Waals surface area contributed by atoms with E-state index in [4.69, 9.17) is 4.42 Å². The number of fused-ring (bicyclic) bond motifs is 8. The Morgan fingerprint density at radius 2 is 1.15 bits per heavy atom. The summed E-state index contributed by atoms with van der Waals surface area (Å²) in [7, 11) is 0. The lowest BCUT2D eigenvalue weighted by Gasteiger charge is -2.23. The third-order valence-corrected chi connectivity index (χ3v) is 10.9. The molecule has 11 rings (SSSR count). The van der Waals surface area contributed by atoms with E-state index in [1.807, 2.05) is 0 Å². The number of hydrogen-bond donors (Lipinski definition) is 0. The first-order valence-electron chi connectivity index (χ1n) is 16.4. The van der Waals surface area contributed by atoms with Gasteiger partial charge in [0.25, 0.3) is 0 Å². The zero-order chi connectivity index (χ0) is 31.0. The van der Waals surface area contributed by atoms with Crippen molar-refractivity contribution in [2.75, 3.05) is 0 Å². The average Bonchev–Trinajstić information content (AvgIpc) is 3.74. The first-order valence-corrected chi connectivity index (χ1v) is 16.4. The minimum Gasteiger partial charge on any atom is -0.456 e. The van der Waals surface area contributed by atoms with Gasteiger partial charge in [-0.2, -0.15) is 0 Å². The first-order chi connectivity index (χ1) is 23.1. The van der Waals surface area contributed by atoms with Crippen molar-refractivity contribution in [3.05, 3.63) is 151 Å². The van der Waals surface area contributed by atoms with Crippen LogP contribution in [0.4, 0.5) is 0 Å². The van der Waals surface area contributed by atoms with Crippen LogP contribution >= 0.6 is 0 Å². The molecular formula is C45H29NO. The van der Waals surface area contributed by atoms with Gasteiger partial charge in [0.15, 0.2) is 0 Å². The third-order valence-electron chi connectivity index (χ3n) is 10.9. The smallest absolute Gasteiger partial charge is 0.137 e. The van der Waals surface area contributed by atoms with Gasteiger partial charge in [-0.15, -0.1) is 0 Å². The van der Waals surface area contributed by atoms with Gasteiger partial charge in [-0.3, -0.25) is 0 Å². The topological polar surface area (TPSA) is 18.1 Å². The maximum Gasteiger partial charge on any atom is 0.137 e. The van der Waals surface area contributed by atoms with Crippen molar-refractivity contribution < 1.29 is 4.42 Å². The van der Waals surface area contributed by atoms with Crippen LogP contribution in [-0.4, -0.2) is 4.57 Å². The van der Waals surface area contributed by atoms with Gasteiger partial charge in [0, 0.05) is 21.8 Å². The normalized spacial score (nSPS) is 13.9. The van der Waals surface area contributed by atoms with Crippen LogP contribution in [-0.2, 0) is 5.41 Å². The van der Waals surface area contributed by atoms with E-state index < -0.39 is 0 Å². The van der Waals surface area contributed by atoms with E-state index in [-0.39, 0.29) is 5.41 Å². The molecule has 2 heterocycles. The lowest BCUT2D eigenvalue weighted by atomic mass is 9.80. The van der Waals surface area contributed by atoms with Crippen molar-refractivity contribution >= 4 is 65.2 Å². The summed E-state index contributed by atoms with van der Waals surface area (Å²) in [6.45, 7) is 4.80. The highest BCUT2D eigenvalue weighted by Gasteiger charge is 2.41. The summed E-state index contributed by atoms with van der Waals surface area (Å²) in [4.78, 5) is 0. The molecule has 10 aromatic rings. The Bertz CT molecular complexity index is 2920. The average molecular weight is 600 g/mol. The number of aromatic nitrogens is 1. The molecular weight excluding hydrogens is 571 g/mol. The fourth-order valence-electron chi connectivity index (χ4n) is 8.96. The fourth-order valence-corrected chi connectivity index (χ4v) is 8.96. The SMILES string of the molecule is CC1(C)c2ccccc2-c2c1c1c(-c3ccc4ccc5cccc6ccc3c4c56)cccc1n2-c1cccc2oc3ccccc3c12. The predicted molar refractivity (Wildman–Crippen MR) is 197 cm³/mol. The first kappa shape index (κ1) is 25.3. The van der Waals surface area contributed by atoms with Crippen LogP contribution in [0.2, 0.25) is 0 Å². The second-order valence-corrected chi connectivity index (χ2v) is 13.6. The molecule has 0 N–H and O–H groups in total. The molecule has 0 radical (unpaired) electrons. The highest BCUT2D eigenvalue weighted by molar-refractivity contribution is 6.26. The largest absolute Gasteiger partial charge is 0.456 e. The van der Waals surface area contributed by atoms with Crippen LogP contribution in [0.15, 0.2) is 144 Å². The molecule has 47 heavy (non-hydrogen) atoms. The lowest BCUT2D eigenvalue weighted by Crippen LogP contribution is -2.15. The van der Waals surface area contributed by atoms with Gasteiger partial charge in [0.05, 0.1) is 22.3 Å². The number of hydrogen-bond acceptors (Lipinski definition) is 1. The minimum absolute atomic E-state index is 0.193. The molecule has 0 atom stereocenters. The van der Waals surface area contributed by atoms with Crippen molar-refractivity contribution in [3.8, 4) is 28.1 Å². The Balaban J connectivity index is 1.33. The van der Waals surface area contributed by atoms with Gasteiger partial charge in [-0.05, 0) is 78.8 Å². The summed E-state index contributed by atoms with van der Waals surface area (Å²) in [5, 5.41) is 11.5. The van der Waals surface area contributed by atoms with Crippen molar-refractivity contribution in [3.63, 3.8) is 0 Å². The van der Waals surface area contributed by atoms with Gasteiger partial charge in [0.2, 0.25) is 0 Å². The van der Waals surface area contributed by atoms with Crippen LogP contribution in [0.5, 0.6) is 0 Å². The molecule has 0 saturated carbocycles. The molecule has 0 unspecified atom stereocenters. The zero-order valence-corrected chi connectivity index (χ0v) is 26.1. The molecule has 1 aliphatic rings. The Labute approximate surface area is 271 Å². The van der Waals surface area contributed by atoms with Crippen LogP contribution in [0, 0.1) is 0 Å². The number of para-hydroxylation sites is 1. The predicted octanol–water partition coefficient (Wildman–Crippen LogP) is 12.4. The lowest BCUT2D eigenvalue weighted by molar-refractivity contribution is 0.666. The van der Waals surface area contributed by atoms with E-state index >= 15 is 0 Å². The summed E-state index contributed by atoms with van der Waals surface area (Å²) in [6.07, 6.45) is 0. The van der Waals surface area contributed by atoms with Crippen molar-refractivity contribution in [2.24, 2.45) is 0 Å². The van der Waals surface area contributed by atoms with Gasteiger partial charge in [-0.1, -0.05) is 129 Å². The number of rotatable bonds is 2. The molecule has 0 aliphatic heterocycles. The molecule has 0 spiro atoms. The number of furan rings is 1. The summed E-state index contributed by atoms with van der Waals surface area (Å²) < 4.78 is 8.95. The Kier molecular flexibility index (Phi) is 4.68. The quantitative estimate of drug-likeness (QED) is 0.181. The number of nitrogens with zero attached hydrogens (tertiary/aromatic N) is 1. The van der Waals surface area contributed by atoms with E-state index in [9.17, 15) is 0 Å². The van der Waals surface area contributed by atoms with E-state index in [1.54, 1.807) is 0 Å². The van der Waals surface area contributed by atoms with Crippen molar-refractivity contribution in [2.45, 2.75) is 19.3 Å². The highest BCUT2D eigenvalue weighted by atomic mass is 16.3. The van der Waals surface area contributed by atoms with E-state index in [1.165, 1.54) is 76.7 Å². The molecule has 0 saturated heterocycles. The molecule has 220 valence electrons. The molecule has 1 aliphatic carbocycles. The summed E-state index contributed by atoms with van der Waals surface area (Å²) in [5.41, 5.74) is 11.9. The standard InChI is InChI=1S/C45H29NO/c1-45(2)34-15-5-3-12-32(34)44-43(45)42-30(29-24-22-28-21-20-26-10-7-11-27-23-25-31(29)40(28)39(26)27)14-8-16-36(42)46(44)35-17-9-19-38-41(35)33-13-4-6-18-37(33)47-38/h3-25H,1-2H3. The molecule has 0 fully saturated rings. The van der Waals surface area contributed by atoms with Gasteiger partial charge < -0.3 is 8.98 Å². The summed E-state index contributed by atoms with van der Waals surface area (Å²) >= 11 is 0. The van der Waals surface area contributed by atoms with E-state index in [2.05, 4.69) is 158 Å². The van der Waals surface area contributed by atoms with Crippen LogP contribution < -0.4 is 0 Å². The Morgan fingerprint density at radius 3 is 2.04 bits per heavy atom. The molecule has 0 bridgehead atoms. The fraction of sp³-hybridized carbons (Fsp3) is 0.0667. The minimum atomic E-state index is -0.193. The van der Waals surface area contributed by atoms with Gasteiger partial charge in [-0.25, -0.2) is 0 Å². The molecule has 2 heteroatoms. The van der Waals surface area contributed by atoms with Crippen LogP contribution in [0.3, 0.4) is 0 Å². The molecule has 2 nitrogen and oxygen atoms in total. The van der Waals surface area contributed by atoms with Gasteiger partial charge in [0.1, 0.15) is 11.2 Å². The second kappa shape index (κ2) is 8.69. The Morgan fingerprint density at radius 1 is 0.468 bits per heavy atom. The maximum atomic E-state index is 6.42. The molecule has 0 amide bonds. The monoisotopic (exact) mass is 599 g/mol.